The Kier molecular flexibility index (Phi) is 10.6. The van der Waals surface area contributed by atoms with Crippen LogP contribution in [0.2, 0.25) is 0 Å². The number of carbonyl (C=O) groups is 1. The number of nitrogens with two attached hydrogens (primary N) is 1. The van der Waals surface area contributed by atoms with E-state index in [2.05, 4.69) is 0 Å². The van der Waals surface area contributed by atoms with E-state index in [4.69, 9.17) is 5.73 Å². The number of nitrogens with zero attached hydrogens (tertiary/aromatic N) is 2. The normalized spacial score (nSPS) is 9.88. The highest BCUT2D eigenvalue weighted by Crippen LogP contribution is 2.21. The Morgan fingerprint density at radius 3 is 1.30 bits per heavy atom. The van der Waals surface area contributed by atoms with Crippen molar-refractivity contribution in [3.63, 3.8) is 0 Å². The highest BCUT2D eigenvalue weighted by Gasteiger charge is 2.09. The van der Waals surface area contributed by atoms with Crippen molar-refractivity contribution >= 4 is 23.3 Å². The third kappa shape index (κ3) is 9.55. The fourth-order valence-electron chi connectivity index (χ4n) is 2.06. The number of nitro groups is 2. The molecule has 2 N–H and O–H groups in total. The molecule has 0 aliphatic heterocycles. The summed E-state index contributed by atoms with van der Waals surface area (Å²) in [5.74, 6) is 0. The summed E-state index contributed by atoms with van der Waals surface area (Å²) in [4.78, 5) is 29.2. The number of carbonyl (C=O) groups excluding carboxylic acids is 1. The molecule has 0 unspecified atom stereocenters. The Hall–Kier alpha value is -4.35. The van der Waals surface area contributed by atoms with Gasteiger partial charge in [0.15, 0.2) is 0 Å². The number of nitrogen functional groups attached to an aromatic ring is 1. The van der Waals surface area contributed by atoms with E-state index in [1.807, 2.05) is 0 Å². The van der Waals surface area contributed by atoms with Crippen molar-refractivity contribution in [2.75, 3.05) is 5.73 Å². The van der Waals surface area contributed by atoms with Gasteiger partial charge >= 0.3 is 0 Å². The summed E-state index contributed by atoms with van der Waals surface area (Å²) >= 11 is 0. The minimum Gasteiger partial charge on any atom is -0.399 e. The minimum absolute atomic E-state index is 0.00407. The summed E-state index contributed by atoms with van der Waals surface area (Å²) in [6.07, 6.45) is -4.34. The van der Waals surface area contributed by atoms with Crippen LogP contribution in [0.1, 0.15) is 34.3 Å². The number of halogens is 4. The first-order valence-corrected chi connectivity index (χ1v) is 8.90. The molecule has 0 amide bonds. The lowest BCUT2D eigenvalue weighted by Crippen LogP contribution is -1.88. The van der Waals surface area contributed by atoms with Gasteiger partial charge in [0.25, 0.3) is 24.2 Å². The first-order valence-electron chi connectivity index (χ1n) is 8.90. The van der Waals surface area contributed by atoms with Crippen LogP contribution >= 0.6 is 0 Å². The van der Waals surface area contributed by atoms with Crippen molar-refractivity contribution in [2.45, 2.75) is 12.9 Å². The van der Waals surface area contributed by atoms with E-state index < -0.39 is 22.7 Å². The van der Waals surface area contributed by atoms with Crippen LogP contribution in [0.25, 0.3) is 0 Å². The van der Waals surface area contributed by atoms with Crippen LogP contribution in [0.3, 0.4) is 0 Å². The summed E-state index contributed by atoms with van der Waals surface area (Å²) in [6.45, 7) is 0. The number of benzene rings is 3. The number of alkyl halides is 4. The van der Waals surface area contributed by atoms with Gasteiger partial charge in [0, 0.05) is 46.6 Å². The van der Waals surface area contributed by atoms with Gasteiger partial charge in [-0.25, -0.2) is 17.6 Å². The molecule has 174 valence electrons. The highest BCUT2D eigenvalue weighted by molar-refractivity contribution is 5.75. The lowest BCUT2D eigenvalue weighted by atomic mass is 10.2. The fraction of sp³-hybridized carbons (Fsp3) is 0.0952. The Balaban J connectivity index is 0.000000249. The number of rotatable bonds is 5. The molecule has 0 radical (unpaired) electrons. The minimum atomic E-state index is -2.58. The Morgan fingerprint density at radius 1 is 0.667 bits per heavy atom. The zero-order valence-corrected chi connectivity index (χ0v) is 16.7. The van der Waals surface area contributed by atoms with Gasteiger partial charge in [0.1, 0.15) is 6.29 Å². The SMILES string of the molecule is Nc1ccc(C(F)F)cc1.O=Cc1ccc([N+](=O)[O-])cc1.O=[N+]([O-])c1ccc(C(F)F)cc1. The van der Waals surface area contributed by atoms with Crippen LogP contribution in [0.4, 0.5) is 34.6 Å². The standard InChI is InChI=1S/C7H5F2NO2.C7H7F2N.C7H5NO3/c8-7(9)5-1-3-6(4-2-5)10(11)12;8-7(9)5-1-3-6(10)4-2-5;9-5-6-1-3-7(4-2-6)8(10)11/h1-4,7H;1-4,7H,10H2;1-5H. The second kappa shape index (κ2) is 13.1. The second-order valence-corrected chi connectivity index (χ2v) is 6.08. The Labute approximate surface area is 184 Å². The van der Waals surface area contributed by atoms with Crippen molar-refractivity contribution in [3.05, 3.63) is 110 Å². The van der Waals surface area contributed by atoms with Gasteiger partial charge in [-0.15, -0.1) is 0 Å². The molecule has 0 bridgehead atoms. The van der Waals surface area contributed by atoms with Crippen molar-refractivity contribution in [1.29, 1.82) is 0 Å². The lowest BCUT2D eigenvalue weighted by Gasteiger charge is -1.97. The maximum atomic E-state index is 11.9. The molecule has 3 rings (SSSR count). The van der Waals surface area contributed by atoms with Gasteiger partial charge in [-0.3, -0.25) is 25.0 Å². The summed E-state index contributed by atoms with van der Waals surface area (Å²) in [5.41, 5.74) is 5.84. The van der Waals surface area contributed by atoms with Crippen molar-refractivity contribution in [1.82, 2.24) is 0 Å². The number of hydrogen-bond donors (Lipinski definition) is 1. The number of hydrogen-bond acceptors (Lipinski definition) is 6. The van der Waals surface area contributed by atoms with Crippen LogP contribution in [0.5, 0.6) is 0 Å². The van der Waals surface area contributed by atoms with E-state index in [9.17, 15) is 42.6 Å². The molecule has 0 aliphatic rings. The first kappa shape index (κ1) is 26.7. The first-order chi connectivity index (χ1) is 15.5. The molecule has 0 spiro atoms. The molecule has 0 atom stereocenters. The van der Waals surface area contributed by atoms with Crippen LogP contribution < -0.4 is 5.73 Å². The van der Waals surface area contributed by atoms with Gasteiger partial charge in [-0.2, -0.15) is 0 Å². The molecular weight excluding hydrogens is 450 g/mol. The molecule has 3 aromatic rings. The van der Waals surface area contributed by atoms with Gasteiger partial charge < -0.3 is 5.73 Å². The molecule has 0 saturated carbocycles. The predicted octanol–water partition coefficient (Wildman–Crippen LogP) is 6.15. The van der Waals surface area contributed by atoms with Crippen LogP contribution in [-0.2, 0) is 0 Å². The molecule has 0 aromatic heterocycles. The van der Waals surface area contributed by atoms with Gasteiger partial charge in [0.2, 0.25) is 0 Å². The third-order valence-corrected chi connectivity index (χ3v) is 3.78. The van der Waals surface area contributed by atoms with Crippen LogP contribution in [0, 0.1) is 20.2 Å². The summed E-state index contributed by atoms with van der Waals surface area (Å²) in [7, 11) is 0. The molecule has 3 aromatic carbocycles. The maximum absolute atomic E-state index is 11.9. The van der Waals surface area contributed by atoms with E-state index in [1.165, 1.54) is 48.5 Å². The Morgan fingerprint density at radius 2 is 1.00 bits per heavy atom. The maximum Gasteiger partial charge on any atom is 0.269 e. The second-order valence-electron chi connectivity index (χ2n) is 6.08. The van der Waals surface area contributed by atoms with Crippen molar-refractivity contribution in [3.8, 4) is 0 Å². The quantitative estimate of drug-likeness (QED) is 0.158. The third-order valence-electron chi connectivity index (χ3n) is 3.78. The van der Waals surface area contributed by atoms with Crippen LogP contribution in [0.15, 0.2) is 72.8 Å². The van der Waals surface area contributed by atoms with E-state index >= 15 is 0 Å². The van der Waals surface area contributed by atoms with Gasteiger partial charge in [0.05, 0.1) is 9.85 Å². The zero-order chi connectivity index (χ0) is 25.0. The number of aldehydes is 1. The summed E-state index contributed by atoms with van der Waals surface area (Å²) in [6, 6.07) is 15.2. The summed E-state index contributed by atoms with van der Waals surface area (Å²) in [5, 5.41) is 20.2. The predicted molar refractivity (Wildman–Crippen MR) is 112 cm³/mol. The zero-order valence-electron chi connectivity index (χ0n) is 16.7. The number of non-ortho nitro benzene ring substituents is 2. The van der Waals surface area contributed by atoms with Gasteiger partial charge in [-0.05, 0) is 36.4 Å². The largest absolute Gasteiger partial charge is 0.399 e. The molecular formula is C21H17F4N3O5. The monoisotopic (exact) mass is 467 g/mol. The molecule has 0 fully saturated rings. The molecule has 33 heavy (non-hydrogen) atoms. The van der Waals surface area contributed by atoms with Crippen molar-refractivity contribution in [2.24, 2.45) is 0 Å². The van der Waals surface area contributed by atoms with E-state index in [0.29, 0.717) is 17.5 Å². The van der Waals surface area contributed by atoms with E-state index in [-0.39, 0.29) is 22.5 Å². The molecule has 0 heterocycles. The average Bonchev–Trinajstić information content (AvgIpc) is 2.80. The van der Waals surface area contributed by atoms with Crippen molar-refractivity contribution < 1.29 is 32.2 Å². The highest BCUT2D eigenvalue weighted by atomic mass is 19.3. The number of nitro benzene ring substituents is 2. The smallest absolute Gasteiger partial charge is 0.269 e. The fourth-order valence-corrected chi connectivity index (χ4v) is 2.06. The number of anilines is 1. The Bertz CT molecular complexity index is 1050. The van der Waals surface area contributed by atoms with E-state index in [0.717, 1.165) is 24.3 Å². The molecule has 12 heteroatoms. The molecule has 0 saturated heterocycles. The van der Waals surface area contributed by atoms with Crippen LogP contribution in [-0.4, -0.2) is 16.1 Å². The topological polar surface area (TPSA) is 129 Å². The van der Waals surface area contributed by atoms with Gasteiger partial charge in [-0.1, -0.05) is 12.1 Å². The van der Waals surface area contributed by atoms with E-state index in [1.54, 1.807) is 0 Å². The average molecular weight is 467 g/mol. The molecule has 8 nitrogen and oxygen atoms in total. The lowest BCUT2D eigenvalue weighted by molar-refractivity contribution is -0.385. The molecule has 0 aliphatic carbocycles. The summed E-state index contributed by atoms with van der Waals surface area (Å²) < 4.78 is 47.6.